The molecule has 0 fully saturated rings. The number of carbonyl (C=O) groups is 2. The molecule has 0 aliphatic rings. The zero-order chi connectivity index (χ0) is 25.8. The van der Waals surface area contributed by atoms with Crippen molar-refractivity contribution in [2.24, 2.45) is 0 Å². The third-order valence-corrected chi connectivity index (χ3v) is 5.78. The van der Waals surface area contributed by atoms with Crippen LogP contribution in [0.5, 0.6) is 17.2 Å². The number of nitrogens with one attached hydrogen (secondary N) is 1. The maximum atomic E-state index is 13.2. The molecule has 34 heavy (non-hydrogen) atoms. The summed E-state index contributed by atoms with van der Waals surface area (Å²) in [5.41, 5.74) is -1.12. The highest BCUT2D eigenvalue weighted by molar-refractivity contribution is 7.92. The summed E-state index contributed by atoms with van der Waals surface area (Å²) in [7, 11) is -1.85. The molecule has 0 aliphatic carbocycles. The van der Waals surface area contributed by atoms with Gasteiger partial charge in [0.05, 0.1) is 20.3 Å². The maximum absolute atomic E-state index is 13.2. The topological polar surface area (TPSA) is 128 Å². The Kier molecular flexibility index (Phi) is 8.03. The third-order valence-electron chi connectivity index (χ3n) is 4.38. The molecule has 2 aromatic rings. The van der Waals surface area contributed by atoms with Crippen LogP contribution in [0.15, 0.2) is 41.3 Å². The number of aromatic hydroxyl groups is 1. The molecule has 0 aliphatic heterocycles. The van der Waals surface area contributed by atoms with E-state index in [1.54, 1.807) is 0 Å². The predicted molar refractivity (Wildman–Crippen MR) is 113 cm³/mol. The molecular weight excluding hydrogens is 483 g/mol. The lowest BCUT2D eigenvalue weighted by Crippen LogP contribution is -2.35. The SMILES string of the molecule is COc1ccc(OC)c(S(=O)(=O)Nc2ccc(O)c([C@H](C(=O)OC(C)C)C(=O)C(F)(F)F)c2)c1. The van der Waals surface area contributed by atoms with E-state index in [4.69, 9.17) is 14.2 Å². The second kappa shape index (κ2) is 10.2. The Balaban J connectivity index is 2.56. The minimum absolute atomic E-state index is 0.0575. The van der Waals surface area contributed by atoms with Crippen molar-refractivity contribution in [3.63, 3.8) is 0 Å². The lowest BCUT2D eigenvalue weighted by atomic mass is 9.93. The van der Waals surface area contributed by atoms with Gasteiger partial charge >= 0.3 is 12.1 Å². The van der Waals surface area contributed by atoms with Gasteiger partial charge in [-0.15, -0.1) is 0 Å². The minimum atomic E-state index is -5.43. The summed E-state index contributed by atoms with van der Waals surface area (Å²) in [5, 5.41) is 10.1. The van der Waals surface area contributed by atoms with E-state index in [-0.39, 0.29) is 22.1 Å². The molecule has 0 radical (unpaired) electrons. The first-order valence-electron chi connectivity index (χ1n) is 9.60. The van der Waals surface area contributed by atoms with Crippen LogP contribution in [0.25, 0.3) is 0 Å². The smallest absolute Gasteiger partial charge is 0.451 e. The number of halogens is 3. The fraction of sp³-hybridized carbons (Fsp3) is 0.333. The molecule has 0 amide bonds. The zero-order valence-corrected chi connectivity index (χ0v) is 19.3. The predicted octanol–water partition coefficient (Wildman–Crippen LogP) is 3.38. The van der Waals surface area contributed by atoms with E-state index in [0.717, 1.165) is 24.3 Å². The second-order valence-electron chi connectivity index (χ2n) is 7.18. The number of hydrogen-bond donors (Lipinski definition) is 2. The van der Waals surface area contributed by atoms with Crippen LogP contribution in [0.3, 0.4) is 0 Å². The molecule has 0 saturated heterocycles. The number of benzene rings is 2. The van der Waals surface area contributed by atoms with Crippen LogP contribution in [-0.2, 0) is 24.3 Å². The molecule has 0 spiro atoms. The van der Waals surface area contributed by atoms with E-state index in [1.165, 1.54) is 40.2 Å². The molecule has 0 unspecified atom stereocenters. The van der Waals surface area contributed by atoms with Crippen LogP contribution in [-0.4, -0.2) is 51.8 Å². The van der Waals surface area contributed by atoms with Crippen molar-refractivity contribution in [3.05, 3.63) is 42.0 Å². The van der Waals surface area contributed by atoms with Gasteiger partial charge in [0, 0.05) is 17.3 Å². The number of Topliss-reactive ketones (excluding diaryl/α,β-unsaturated/α-hetero) is 1. The quantitative estimate of drug-likeness (QED) is 0.302. The van der Waals surface area contributed by atoms with Gasteiger partial charge in [0.1, 0.15) is 22.1 Å². The Morgan fingerprint density at radius 2 is 1.68 bits per heavy atom. The number of ketones is 1. The van der Waals surface area contributed by atoms with Crippen LogP contribution in [0.2, 0.25) is 0 Å². The van der Waals surface area contributed by atoms with Gasteiger partial charge in [-0.3, -0.25) is 14.3 Å². The molecule has 0 saturated carbocycles. The van der Waals surface area contributed by atoms with Crippen LogP contribution in [0.1, 0.15) is 25.3 Å². The van der Waals surface area contributed by atoms with E-state index in [1.807, 2.05) is 0 Å². The zero-order valence-electron chi connectivity index (χ0n) is 18.5. The first kappa shape index (κ1) is 26.8. The van der Waals surface area contributed by atoms with E-state index in [0.29, 0.717) is 0 Å². The average molecular weight is 505 g/mol. The van der Waals surface area contributed by atoms with Gasteiger partial charge in [-0.1, -0.05) is 0 Å². The molecule has 2 aromatic carbocycles. The Morgan fingerprint density at radius 3 is 2.21 bits per heavy atom. The fourth-order valence-corrected chi connectivity index (χ4v) is 4.13. The third kappa shape index (κ3) is 6.10. The highest BCUT2D eigenvalue weighted by Gasteiger charge is 2.49. The number of carbonyl (C=O) groups excluding carboxylic acids is 2. The van der Waals surface area contributed by atoms with Gasteiger partial charge in [0.25, 0.3) is 15.8 Å². The van der Waals surface area contributed by atoms with Crippen LogP contribution >= 0.6 is 0 Å². The number of rotatable bonds is 9. The van der Waals surface area contributed by atoms with Crippen molar-refractivity contribution >= 4 is 27.5 Å². The molecule has 13 heteroatoms. The Hall–Kier alpha value is -3.48. The maximum Gasteiger partial charge on any atom is 0.451 e. The van der Waals surface area contributed by atoms with Crippen LogP contribution in [0, 0.1) is 0 Å². The summed E-state index contributed by atoms with van der Waals surface area (Å²) in [6, 6.07) is 6.55. The molecule has 1 atom stereocenters. The summed E-state index contributed by atoms with van der Waals surface area (Å²) in [6.45, 7) is 2.72. The molecular formula is C21H22F3NO8S. The van der Waals surface area contributed by atoms with Crippen molar-refractivity contribution in [2.75, 3.05) is 18.9 Å². The van der Waals surface area contributed by atoms with Gasteiger partial charge in [0.15, 0.2) is 5.92 Å². The van der Waals surface area contributed by atoms with E-state index >= 15 is 0 Å². The Labute approximate surface area is 193 Å². The molecule has 2 N–H and O–H groups in total. The van der Waals surface area contributed by atoms with E-state index in [2.05, 4.69) is 4.72 Å². The van der Waals surface area contributed by atoms with Crippen LogP contribution < -0.4 is 14.2 Å². The number of esters is 1. The fourth-order valence-electron chi connectivity index (χ4n) is 2.89. The highest BCUT2D eigenvalue weighted by atomic mass is 32.2. The molecule has 9 nitrogen and oxygen atoms in total. The molecule has 186 valence electrons. The second-order valence-corrected chi connectivity index (χ2v) is 8.83. The van der Waals surface area contributed by atoms with Gasteiger partial charge in [-0.05, 0) is 44.2 Å². The number of phenols is 1. The van der Waals surface area contributed by atoms with Crippen LogP contribution in [0.4, 0.5) is 18.9 Å². The first-order chi connectivity index (χ1) is 15.7. The largest absolute Gasteiger partial charge is 0.508 e. The van der Waals surface area contributed by atoms with Crippen molar-refractivity contribution in [1.82, 2.24) is 0 Å². The number of hydrogen-bond acceptors (Lipinski definition) is 8. The van der Waals surface area contributed by atoms with E-state index < -0.39 is 51.3 Å². The van der Waals surface area contributed by atoms with Gasteiger partial charge in [0.2, 0.25) is 0 Å². The number of alkyl halides is 3. The summed E-state index contributed by atoms with van der Waals surface area (Å²) >= 11 is 0. The minimum Gasteiger partial charge on any atom is -0.508 e. The van der Waals surface area contributed by atoms with Gasteiger partial charge < -0.3 is 19.3 Å². The Bertz CT molecular complexity index is 1180. The summed E-state index contributed by atoms with van der Waals surface area (Å²) in [6.07, 6.45) is -6.29. The summed E-state index contributed by atoms with van der Waals surface area (Å²) < 4.78 is 82.4. The molecule has 0 heterocycles. The summed E-state index contributed by atoms with van der Waals surface area (Å²) in [5.74, 6) is -7.33. The molecule has 2 rings (SSSR count). The average Bonchev–Trinajstić information content (AvgIpc) is 2.74. The van der Waals surface area contributed by atoms with Crippen molar-refractivity contribution in [2.45, 2.75) is 36.9 Å². The highest BCUT2D eigenvalue weighted by Crippen LogP contribution is 2.36. The number of methoxy groups -OCH3 is 2. The normalized spacial score (nSPS) is 12.7. The lowest BCUT2D eigenvalue weighted by molar-refractivity contribution is -0.178. The van der Waals surface area contributed by atoms with Crippen molar-refractivity contribution in [3.8, 4) is 17.2 Å². The molecule has 0 bridgehead atoms. The van der Waals surface area contributed by atoms with Crippen molar-refractivity contribution < 1.29 is 50.5 Å². The monoisotopic (exact) mass is 505 g/mol. The van der Waals surface area contributed by atoms with Crippen molar-refractivity contribution in [1.29, 1.82) is 0 Å². The number of ether oxygens (including phenoxy) is 3. The molecule has 0 aromatic heterocycles. The lowest BCUT2D eigenvalue weighted by Gasteiger charge is -2.20. The number of phenolic OH excluding ortho intramolecular Hbond substituents is 1. The standard InChI is InChI=1S/C21H22F3NO8S/c1-11(2)33-20(28)18(19(27)21(22,23)24)14-9-12(5-7-15(14)26)25-34(29,30)17-10-13(31-3)6-8-16(17)32-4/h5-11,18,25-26H,1-4H3/t18-/m0/s1. The first-order valence-corrected chi connectivity index (χ1v) is 11.1. The summed E-state index contributed by atoms with van der Waals surface area (Å²) in [4.78, 5) is 24.0. The Morgan fingerprint density at radius 1 is 1.03 bits per heavy atom. The number of anilines is 1. The number of sulfonamides is 1. The van der Waals surface area contributed by atoms with E-state index in [9.17, 15) is 36.3 Å². The van der Waals surface area contributed by atoms with Gasteiger partial charge in [-0.2, -0.15) is 13.2 Å². The van der Waals surface area contributed by atoms with Gasteiger partial charge in [-0.25, -0.2) is 8.42 Å².